The summed E-state index contributed by atoms with van der Waals surface area (Å²) in [4.78, 5) is 15.9. The van der Waals surface area contributed by atoms with Gasteiger partial charge >= 0.3 is 6.18 Å². The van der Waals surface area contributed by atoms with E-state index in [9.17, 15) is 26.4 Å². The van der Waals surface area contributed by atoms with Gasteiger partial charge in [0.05, 0.1) is 16.7 Å². The number of halogens is 3. The molecule has 170 valence electrons. The molecule has 1 fully saturated rings. The number of aromatic nitrogens is 3. The number of benzene rings is 1. The largest absolute Gasteiger partial charge is 0.417 e. The van der Waals surface area contributed by atoms with Crippen molar-refractivity contribution in [2.45, 2.75) is 49.2 Å². The summed E-state index contributed by atoms with van der Waals surface area (Å²) in [5, 5.41) is 6.98. The predicted molar refractivity (Wildman–Crippen MR) is 110 cm³/mol. The number of nitrogens with one attached hydrogen (secondary N) is 2. The topological polar surface area (TPSA) is 105 Å². The standard InChI is InChI=1S/C20H20F3N5O3S/c21-20(22,23)15-8-4-5-9-16(15)32(30,31)27-17-10-11-28-18(26-17)14(12-24-28)19(29)25-13-6-2-1-3-7-13/h4-5,8-13H,1-3,6-7H2,(H,25,29)(H,26,27). The lowest BCUT2D eigenvalue weighted by Crippen LogP contribution is -2.36. The third-order valence-corrected chi connectivity index (χ3v) is 6.69. The fraction of sp³-hybridized carbons (Fsp3) is 0.350. The van der Waals surface area contributed by atoms with Crippen molar-refractivity contribution in [3.8, 4) is 0 Å². The number of rotatable bonds is 5. The molecule has 0 radical (unpaired) electrons. The first-order valence-electron chi connectivity index (χ1n) is 9.99. The molecule has 1 amide bonds. The van der Waals surface area contributed by atoms with E-state index in [1.54, 1.807) is 0 Å². The highest BCUT2D eigenvalue weighted by Crippen LogP contribution is 2.34. The van der Waals surface area contributed by atoms with Crippen molar-refractivity contribution in [1.29, 1.82) is 0 Å². The molecular formula is C20H20F3N5O3S. The average Bonchev–Trinajstić information content (AvgIpc) is 3.17. The molecule has 1 aliphatic rings. The van der Waals surface area contributed by atoms with Gasteiger partial charge in [-0.2, -0.15) is 18.3 Å². The summed E-state index contributed by atoms with van der Waals surface area (Å²) >= 11 is 0. The van der Waals surface area contributed by atoms with E-state index >= 15 is 0 Å². The van der Waals surface area contributed by atoms with Crippen molar-refractivity contribution in [3.05, 3.63) is 53.9 Å². The number of fused-ring (bicyclic) bond motifs is 1. The molecule has 1 aliphatic carbocycles. The molecule has 0 unspecified atom stereocenters. The summed E-state index contributed by atoms with van der Waals surface area (Å²) < 4.78 is 68.5. The number of amides is 1. The van der Waals surface area contributed by atoms with Gasteiger partial charge in [0.1, 0.15) is 11.4 Å². The van der Waals surface area contributed by atoms with Gasteiger partial charge in [-0.05, 0) is 31.0 Å². The maximum Gasteiger partial charge on any atom is 0.417 e. The second kappa shape index (κ2) is 8.41. The number of hydrogen-bond acceptors (Lipinski definition) is 5. The van der Waals surface area contributed by atoms with Crippen molar-refractivity contribution in [1.82, 2.24) is 19.9 Å². The van der Waals surface area contributed by atoms with E-state index in [0.29, 0.717) is 6.07 Å². The summed E-state index contributed by atoms with van der Waals surface area (Å²) in [6.07, 6.45) is 2.78. The van der Waals surface area contributed by atoms with E-state index < -0.39 is 26.7 Å². The Kier molecular flexibility index (Phi) is 5.80. The van der Waals surface area contributed by atoms with Crippen LogP contribution >= 0.6 is 0 Å². The van der Waals surface area contributed by atoms with Gasteiger partial charge in [0.25, 0.3) is 15.9 Å². The van der Waals surface area contributed by atoms with Gasteiger partial charge in [-0.15, -0.1) is 0 Å². The van der Waals surface area contributed by atoms with Crippen LogP contribution in [0.15, 0.2) is 47.6 Å². The van der Waals surface area contributed by atoms with Crippen LogP contribution in [0.1, 0.15) is 48.0 Å². The monoisotopic (exact) mass is 467 g/mol. The molecule has 2 aromatic heterocycles. The second-order valence-electron chi connectivity index (χ2n) is 7.55. The molecule has 4 rings (SSSR count). The van der Waals surface area contributed by atoms with Crippen LogP contribution in [-0.4, -0.2) is 35.0 Å². The minimum Gasteiger partial charge on any atom is -0.349 e. The molecule has 32 heavy (non-hydrogen) atoms. The van der Waals surface area contributed by atoms with E-state index in [1.807, 2.05) is 0 Å². The maximum atomic E-state index is 13.3. The number of hydrogen-bond donors (Lipinski definition) is 2. The first kappa shape index (κ1) is 22.1. The van der Waals surface area contributed by atoms with Gasteiger partial charge in [0, 0.05) is 12.2 Å². The van der Waals surface area contributed by atoms with Gasteiger partial charge < -0.3 is 5.32 Å². The molecular weight excluding hydrogens is 447 g/mol. The minimum absolute atomic E-state index is 0.0479. The number of alkyl halides is 3. The van der Waals surface area contributed by atoms with E-state index in [-0.39, 0.29) is 29.0 Å². The molecule has 0 atom stereocenters. The molecule has 8 nitrogen and oxygen atoms in total. The fourth-order valence-corrected chi connectivity index (χ4v) is 4.95. The molecule has 1 saturated carbocycles. The summed E-state index contributed by atoms with van der Waals surface area (Å²) in [5.74, 6) is -0.622. The SMILES string of the molecule is O=C(NC1CCCCC1)c1cnn2ccc(NS(=O)(=O)c3ccccc3C(F)(F)F)nc12. The molecule has 3 aromatic rings. The van der Waals surface area contributed by atoms with Gasteiger partial charge in [-0.1, -0.05) is 31.4 Å². The van der Waals surface area contributed by atoms with Crippen molar-refractivity contribution >= 4 is 27.4 Å². The fourth-order valence-electron chi connectivity index (χ4n) is 3.72. The van der Waals surface area contributed by atoms with Crippen LogP contribution in [0.3, 0.4) is 0 Å². The minimum atomic E-state index is -4.85. The zero-order valence-corrected chi connectivity index (χ0v) is 17.6. The predicted octanol–water partition coefficient (Wildman–Crippen LogP) is 3.61. The Morgan fingerprint density at radius 1 is 1.09 bits per heavy atom. The second-order valence-corrected chi connectivity index (χ2v) is 9.20. The summed E-state index contributed by atoms with van der Waals surface area (Å²) in [5.41, 5.74) is -1.06. The Bertz CT molecular complexity index is 1250. The molecule has 2 N–H and O–H groups in total. The lowest BCUT2D eigenvalue weighted by atomic mass is 9.95. The number of carbonyl (C=O) groups is 1. The van der Waals surface area contributed by atoms with Gasteiger partial charge in [-0.25, -0.2) is 17.9 Å². The zero-order chi connectivity index (χ0) is 22.9. The van der Waals surface area contributed by atoms with E-state index in [1.165, 1.54) is 29.0 Å². The number of anilines is 1. The Morgan fingerprint density at radius 3 is 2.53 bits per heavy atom. The third-order valence-electron chi connectivity index (χ3n) is 5.28. The molecule has 0 saturated heterocycles. The lowest BCUT2D eigenvalue weighted by Gasteiger charge is -2.22. The van der Waals surface area contributed by atoms with Crippen molar-refractivity contribution in [2.75, 3.05) is 4.72 Å². The summed E-state index contributed by atoms with van der Waals surface area (Å²) in [7, 11) is -4.60. The zero-order valence-electron chi connectivity index (χ0n) is 16.8. The highest BCUT2D eigenvalue weighted by atomic mass is 32.2. The first-order chi connectivity index (χ1) is 15.1. The van der Waals surface area contributed by atoms with Crippen LogP contribution in [-0.2, 0) is 16.2 Å². The Hall–Kier alpha value is -3.15. The van der Waals surface area contributed by atoms with Crippen LogP contribution in [0.5, 0.6) is 0 Å². The molecule has 0 spiro atoms. The van der Waals surface area contributed by atoms with Crippen LogP contribution < -0.4 is 10.0 Å². The third kappa shape index (κ3) is 4.54. The van der Waals surface area contributed by atoms with Crippen molar-refractivity contribution in [2.24, 2.45) is 0 Å². The quantitative estimate of drug-likeness (QED) is 0.596. The van der Waals surface area contributed by atoms with Crippen molar-refractivity contribution in [3.63, 3.8) is 0 Å². The highest BCUT2D eigenvalue weighted by Gasteiger charge is 2.37. The molecule has 0 aliphatic heterocycles. The highest BCUT2D eigenvalue weighted by molar-refractivity contribution is 7.92. The first-order valence-corrected chi connectivity index (χ1v) is 11.5. The number of carbonyl (C=O) groups excluding carboxylic acids is 1. The Labute approximate surface area is 181 Å². The van der Waals surface area contributed by atoms with Gasteiger partial charge in [0.15, 0.2) is 5.65 Å². The van der Waals surface area contributed by atoms with Crippen LogP contribution in [0, 0.1) is 0 Å². The summed E-state index contributed by atoms with van der Waals surface area (Å²) in [6, 6.07) is 5.16. The summed E-state index contributed by atoms with van der Waals surface area (Å²) in [6.45, 7) is 0. The van der Waals surface area contributed by atoms with Gasteiger partial charge in [0.2, 0.25) is 0 Å². The van der Waals surface area contributed by atoms with E-state index in [4.69, 9.17) is 0 Å². The average molecular weight is 467 g/mol. The molecule has 12 heteroatoms. The smallest absolute Gasteiger partial charge is 0.349 e. The Balaban J connectivity index is 1.62. The van der Waals surface area contributed by atoms with Crippen molar-refractivity contribution < 1.29 is 26.4 Å². The molecule has 0 bridgehead atoms. The Morgan fingerprint density at radius 2 is 1.81 bits per heavy atom. The number of nitrogens with zero attached hydrogens (tertiary/aromatic N) is 3. The van der Waals surface area contributed by atoms with Crippen LogP contribution in [0.4, 0.5) is 19.0 Å². The van der Waals surface area contributed by atoms with E-state index in [0.717, 1.165) is 44.2 Å². The maximum absolute atomic E-state index is 13.3. The van der Waals surface area contributed by atoms with Gasteiger partial charge in [-0.3, -0.25) is 9.52 Å². The van der Waals surface area contributed by atoms with E-state index in [2.05, 4.69) is 20.1 Å². The van der Waals surface area contributed by atoms with Crippen LogP contribution in [0.25, 0.3) is 5.65 Å². The normalized spacial score (nSPS) is 15.6. The lowest BCUT2D eigenvalue weighted by molar-refractivity contribution is -0.139. The molecule has 2 heterocycles. The van der Waals surface area contributed by atoms with Crippen LogP contribution in [0.2, 0.25) is 0 Å². The number of sulfonamides is 1. The molecule has 1 aromatic carbocycles.